The molecule has 1 atom stereocenters. The molecular formula is C26H33Cl2N3O5S. The van der Waals surface area contributed by atoms with Crippen LogP contribution in [-0.2, 0) is 26.2 Å². The smallest absolute Gasteiger partial charge is 0.244 e. The quantitative estimate of drug-likeness (QED) is 0.425. The number of anilines is 1. The fourth-order valence-electron chi connectivity index (χ4n) is 4.50. The minimum atomic E-state index is -3.84. The third kappa shape index (κ3) is 7.75. The van der Waals surface area contributed by atoms with Gasteiger partial charge in [0.1, 0.15) is 18.3 Å². The standard InChI is InChI=1S/C26H33Cl2N3O5S/c1-4-24(26(33)29-19-8-5-6-9-19)30(16-18-12-13-22(27)23(28)14-18)25(32)17-31(37(3,34)35)20-10-7-11-21(15-20)36-2/h7,10-15,19,24H,4-6,8-9,16-17H2,1-3H3,(H,29,33)/t24-/m1/s1. The van der Waals surface area contributed by atoms with Crippen molar-refractivity contribution in [2.75, 3.05) is 24.2 Å². The molecule has 0 heterocycles. The van der Waals surface area contributed by atoms with Crippen LogP contribution in [0.1, 0.15) is 44.6 Å². The SMILES string of the molecule is CC[C@H](C(=O)NC1CCCC1)N(Cc1ccc(Cl)c(Cl)c1)C(=O)CN(c1cccc(OC)c1)S(C)(=O)=O. The van der Waals surface area contributed by atoms with Gasteiger partial charge in [0.05, 0.1) is 29.1 Å². The lowest BCUT2D eigenvalue weighted by molar-refractivity contribution is -0.140. The Morgan fingerprint density at radius 1 is 1.11 bits per heavy atom. The van der Waals surface area contributed by atoms with Crippen molar-refractivity contribution < 1.29 is 22.7 Å². The first kappa shape index (κ1) is 29.1. The third-order valence-electron chi connectivity index (χ3n) is 6.44. The molecule has 1 aliphatic rings. The maximum Gasteiger partial charge on any atom is 0.244 e. The van der Waals surface area contributed by atoms with Gasteiger partial charge in [-0.15, -0.1) is 0 Å². The molecule has 2 aromatic carbocycles. The van der Waals surface area contributed by atoms with Crippen molar-refractivity contribution in [1.29, 1.82) is 0 Å². The summed E-state index contributed by atoms with van der Waals surface area (Å²) in [6, 6.07) is 10.7. The number of carbonyl (C=O) groups is 2. The van der Waals surface area contributed by atoms with Crippen LogP contribution in [0.15, 0.2) is 42.5 Å². The molecule has 0 spiro atoms. The molecule has 0 aromatic heterocycles. The van der Waals surface area contributed by atoms with E-state index in [-0.39, 0.29) is 24.2 Å². The van der Waals surface area contributed by atoms with Gasteiger partial charge in [-0.1, -0.05) is 55.1 Å². The van der Waals surface area contributed by atoms with Gasteiger partial charge in [0.15, 0.2) is 0 Å². The Kier molecular flexibility index (Phi) is 10.1. The highest BCUT2D eigenvalue weighted by Crippen LogP contribution is 2.26. The van der Waals surface area contributed by atoms with E-state index in [0.29, 0.717) is 27.8 Å². The predicted octanol–water partition coefficient (Wildman–Crippen LogP) is 4.63. The Morgan fingerprint density at radius 2 is 1.81 bits per heavy atom. The molecule has 0 saturated heterocycles. The van der Waals surface area contributed by atoms with Crippen LogP contribution in [-0.4, -0.2) is 57.1 Å². The monoisotopic (exact) mass is 569 g/mol. The van der Waals surface area contributed by atoms with Crippen LogP contribution < -0.4 is 14.4 Å². The van der Waals surface area contributed by atoms with E-state index in [1.807, 2.05) is 6.92 Å². The number of sulfonamides is 1. The number of ether oxygens (including phenoxy) is 1. The molecule has 1 N–H and O–H groups in total. The molecule has 1 fully saturated rings. The zero-order valence-corrected chi connectivity index (χ0v) is 23.6. The van der Waals surface area contributed by atoms with Crippen LogP contribution in [0.2, 0.25) is 10.0 Å². The van der Waals surface area contributed by atoms with Crippen molar-refractivity contribution in [2.24, 2.45) is 0 Å². The lowest BCUT2D eigenvalue weighted by Gasteiger charge is -2.33. The van der Waals surface area contributed by atoms with Gasteiger partial charge < -0.3 is 15.0 Å². The second kappa shape index (κ2) is 12.8. The average molecular weight is 571 g/mol. The molecular weight excluding hydrogens is 537 g/mol. The van der Waals surface area contributed by atoms with Crippen LogP contribution in [0.3, 0.4) is 0 Å². The van der Waals surface area contributed by atoms with E-state index < -0.39 is 28.5 Å². The molecule has 0 aliphatic heterocycles. The average Bonchev–Trinajstić information content (AvgIpc) is 3.36. The van der Waals surface area contributed by atoms with Gasteiger partial charge in [-0.3, -0.25) is 13.9 Å². The molecule has 11 heteroatoms. The first-order chi connectivity index (χ1) is 17.5. The van der Waals surface area contributed by atoms with Crippen LogP contribution >= 0.6 is 23.2 Å². The largest absolute Gasteiger partial charge is 0.497 e. The number of nitrogens with zero attached hydrogens (tertiary/aromatic N) is 2. The van der Waals surface area contributed by atoms with E-state index in [1.54, 1.807) is 42.5 Å². The van der Waals surface area contributed by atoms with Crippen molar-refractivity contribution in [3.63, 3.8) is 0 Å². The number of methoxy groups -OCH3 is 1. The number of halogens is 2. The minimum Gasteiger partial charge on any atom is -0.497 e. The molecule has 8 nitrogen and oxygen atoms in total. The van der Waals surface area contributed by atoms with Crippen LogP contribution in [0, 0.1) is 0 Å². The Morgan fingerprint density at radius 3 is 2.41 bits per heavy atom. The maximum atomic E-state index is 13.8. The Balaban J connectivity index is 1.94. The fourth-order valence-corrected chi connectivity index (χ4v) is 5.66. The summed E-state index contributed by atoms with van der Waals surface area (Å²) in [4.78, 5) is 28.5. The molecule has 3 rings (SSSR count). The van der Waals surface area contributed by atoms with Crippen molar-refractivity contribution in [3.8, 4) is 5.75 Å². The number of nitrogens with one attached hydrogen (secondary N) is 1. The number of benzene rings is 2. The van der Waals surface area contributed by atoms with Gasteiger partial charge in [0, 0.05) is 18.7 Å². The molecule has 202 valence electrons. The summed E-state index contributed by atoms with van der Waals surface area (Å²) >= 11 is 12.3. The van der Waals surface area contributed by atoms with E-state index in [0.717, 1.165) is 36.2 Å². The number of rotatable bonds is 11. The number of amides is 2. The molecule has 0 bridgehead atoms. The van der Waals surface area contributed by atoms with E-state index in [4.69, 9.17) is 27.9 Å². The zero-order valence-electron chi connectivity index (χ0n) is 21.2. The highest BCUT2D eigenvalue weighted by atomic mass is 35.5. The highest BCUT2D eigenvalue weighted by Gasteiger charge is 2.33. The van der Waals surface area contributed by atoms with Gasteiger partial charge in [0.2, 0.25) is 21.8 Å². The van der Waals surface area contributed by atoms with Crippen molar-refractivity contribution in [2.45, 2.75) is 57.7 Å². The Labute approximate surface area is 228 Å². The van der Waals surface area contributed by atoms with Crippen molar-refractivity contribution >= 4 is 50.7 Å². The number of carbonyl (C=O) groups excluding carboxylic acids is 2. The topological polar surface area (TPSA) is 96.0 Å². The maximum absolute atomic E-state index is 13.8. The van der Waals surface area contributed by atoms with Crippen molar-refractivity contribution in [1.82, 2.24) is 10.2 Å². The molecule has 2 amide bonds. The first-order valence-electron chi connectivity index (χ1n) is 12.2. The molecule has 1 saturated carbocycles. The van der Waals surface area contributed by atoms with Gasteiger partial charge in [-0.2, -0.15) is 0 Å². The summed E-state index contributed by atoms with van der Waals surface area (Å²) in [6.07, 6.45) is 5.30. The fraction of sp³-hybridized carbons (Fsp3) is 0.462. The van der Waals surface area contributed by atoms with E-state index in [1.165, 1.54) is 12.0 Å². The van der Waals surface area contributed by atoms with Crippen LogP contribution in [0.4, 0.5) is 5.69 Å². The van der Waals surface area contributed by atoms with Gasteiger partial charge >= 0.3 is 0 Å². The lowest BCUT2D eigenvalue weighted by Crippen LogP contribution is -2.53. The lowest BCUT2D eigenvalue weighted by atomic mass is 10.1. The van der Waals surface area contributed by atoms with Crippen LogP contribution in [0.5, 0.6) is 5.75 Å². The van der Waals surface area contributed by atoms with Gasteiger partial charge in [0.25, 0.3) is 0 Å². The zero-order chi connectivity index (χ0) is 27.2. The molecule has 1 aliphatic carbocycles. The summed E-state index contributed by atoms with van der Waals surface area (Å²) in [7, 11) is -2.36. The first-order valence-corrected chi connectivity index (χ1v) is 14.8. The summed E-state index contributed by atoms with van der Waals surface area (Å²) in [5, 5.41) is 3.77. The van der Waals surface area contributed by atoms with E-state index in [9.17, 15) is 18.0 Å². The van der Waals surface area contributed by atoms with Gasteiger partial charge in [-0.05, 0) is 49.1 Å². The van der Waals surface area contributed by atoms with E-state index in [2.05, 4.69) is 5.32 Å². The highest BCUT2D eigenvalue weighted by molar-refractivity contribution is 7.92. The Bertz CT molecular complexity index is 1220. The molecule has 0 radical (unpaired) electrons. The van der Waals surface area contributed by atoms with Crippen molar-refractivity contribution in [3.05, 3.63) is 58.1 Å². The summed E-state index contributed by atoms with van der Waals surface area (Å²) < 4.78 is 31.7. The third-order valence-corrected chi connectivity index (χ3v) is 8.32. The number of hydrogen-bond donors (Lipinski definition) is 1. The van der Waals surface area contributed by atoms with E-state index >= 15 is 0 Å². The second-order valence-electron chi connectivity index (χ2n) is 9.16. The molecule has 37 heavy (non-hydrogen) atoms. The molecule has 2 aromatic rings. The summed E-state index contributed by atoms with van der Waals surface area (Å²) in [5.41, 5.74) is 0.954. The second-order valence-corrected chi connectivity index (χ2v) is 11.9. The molecule has 0 unspecified atom stereocenters. The van der Waals surface area contributed by atoms with Gasteiger partial charge in [-0.25, -0.2) is 8.42 Å². The summed E-state index contributed by atoms with van der Waals surface area (Å²) in [6.45, 7) is 1.40. The number of hydrogen-bond acceptors (Lipinski definition) is 5. The normalized spacial score (nSPS) is 14.7. The summed E-state index contributed by atoms with van der Waals surface area (Å²) in [5.74, 6) is -0.323. The van der Waals surface area contributed by atoms with Crippen LogP contribution in [0.25, 0.3) is 0 Å². The minimum absolute atomic E-state index is 0.0576. The predicted molar refractivity (Wildman–Crippen MR) is 147 cm³/mol. The Hall–Kier alpha value is -2.49.